The van der Waals surface area contributed by atoms with Crippen molar-refractivity contribution in [2.45, 2.75) is 19.6 Å². The van der Waals surface area contributed by atoms with E-state index in [1.54, 1.807) is 41.1 Å². The maximum Gasteiger partial charge on any atom is 0.258 e. The van der Waals surface area contributed by atoms with E-state index in [2.05, 4.69) is 4.98 Å². The molecule has 1 N–H and O–H groups in total. The highest BCUT2D eigenvalue weighted by atomic mass is 19.1. The van der Waals surface area contributed by atoms with Crippen molar-refractivity contribution in [1.82, 2.24) is 14.8 Å². The molecule has 0 radical (unpaired) electrons. The Morgan fingerprint density at radius 1 is 1.06 bits per heavy atom. The second kappa shape index (κ2) is 8.59. The molecule has 0 saturated carbocycles. The van der Waals surface area contributed by atoms with E-state index in [0.717, 1.165) is 11.1 Å². The number of aromatic nitrogens is 1. The summed E-state index contributed by atoms with van der Waals surface area (Å²) in [6.07, 6.45) is 1.52. The van der Waals surface area contributed by atoms with Crippen LogP contribution in [-0.4, -0.2) is 38.8 Å². The van der Waals surface area contributed by atoms with E-state index in [0.29, 0.717) is 23.1 Å². The lowest BCUT2D eigenvalue weighted by molar-refractivity contribution is 0.0756. The van der Waals surface area contributed by atoms with Crippen LogP contribution in [0.3, 0.4) is 0 Å². The molecule has 0 atom stereocenters. The Bertz CT molecular complexity index is 1400. The van der Waals surface area contributed by atoms with E-state index in [1.165, 1.54) is 18.3 Å². The van der Waals surface area contributed by atoms with Crippen molar-refractivity contribution < 1.29 is 19.1 Å². The van der Waals surface area contributed by atoms with Crippen LogP contribution in [0, 0.1) is 5.82 Å². The number of pyridine rings is 1. The molecule has 4 aromatic rings. The van der Waals surface area contributed by atoms with Gasteiger partial charge < -0.3 is 14.9 Å². The molecule has 1 aromatic heterocycles. The fourth-order valence-corrected chi connectivity index (χ4v) is 4.46. The average molecular weight is 455 g/mol. The van der Waals surface area contributed by atoms with Crippen LogP contribution in [0.4, 0.5) is 4.39 Å². The third-order valence-electron chi connectivity index (χ3n) is 6.10. The number of nitrogens with zero attached hydrogens (tertiary/aromatic N) is 3. The van der Waals surface area contributed by atoms with E-state index in [9.17, 15) is 19.1 Å². The first-order valence-corrected chi connectivity index (χ1v) is 10.9. The van der Waals surface area contributed by atoms with Gasteiger partial charge in [-0.25, -0.2) is 4.39 Å². The SMILES string of the molecule is CN(Cc1ccccc1)C(=O)c1c2c(c(O)c3ncccc13)C(=O)N(Cc1ccc(F)cc1)C2. The molecule has 2 heterocycles. The van der Waals surface area contributed by atoms with E-state index < -0.39 is 0 Å². The van der Waals surface area contributed by atoms with Crippen LogP contribution in [-0.2, 0) is 19.6 Å². The molecule has 6 nitrogen and oxygen atoms in total. The summed E-state index contributed by atoms with van der Waals surface area (Å²) < 4.78 is 13.3. The van der Waals surface area contributed by atoms with Crippen molar-refractivity contribution in [1.29, 1.82) is 0 Å². The smallest absolute Gasteiger partial charge is 0.258 e. The normalized spacial score (nSPS) is 12.8. The number of aromatic hydroxyl groups is 1. The van der Waals surface area contributed by atoms with Gasteiger partial charge >= 0.3 is 0 Å². The van der Waals surface area contributed by atoms with Crippen molar-refractivity contribution >= 4 is 22.7 Å². The van der Waals surface area contributed by atoms with Crippen LogP contribution >= 0.6 is 0 Å². The molecule has 34 heavy (non-hydrogen) atoms. The summed E-state index contributed by atoms with van der Waals surface area (Å²) in [5.74, 6) is -1.22. The lowest BCUT2D eigenvalue weighted by Crippen LogP contribution is -2.28. The van der Waals surface area contributed by atoms with E-state index in [4.69, 9.17) is 0 Å². The molecule has 1 aliphatic heterocycles. The van der Waals surface area contributed by atoms with Crippen LogP contribution in [0.15, 0.2) is 72.9 Å². The summed E-state index contributed by atoms with van der Waals surface area (Å²) in [6.45, 7) is 0.777. The Hall–Kier alpha value is -4.26. The number of fused-ring (bicyclic) bond motifs is 2. The molecule has 7 heteroatoms. The number of rotatable bonds is 5. The molecule has 0 bridgehead atoms. The predicted molar refractivity (Wildman–Crippen MR) is 126 cm³/mol. The number of hydrogen-bond donors (Lipinski definition) is 1. The van der Waals surface area contributed by atoms with E-state index >= 15 is 0 Å². The van der Waals surface area contributed by atoms with Crippen LogP contribution in [0.5, 0.6) is 5.75 Å². The van der Waals surface area contributed by atoms with Gasteiger partial charge in [-0.05, 0) is 29.3 Å². The molecule has 0 aliphatic carbocycles. The Labute approximate surface area is 195 Å². The molecular weight excluding hydrogens is 433 g/mol. The van der Waals surface area contributed by atoms with Gasteiger partial charge in [0.05, 0.1) is 11.1 Å². The Kier molecular flexibility index (Phi) is 5.45. The van der Waals surface area contributed by atoms with Gasteiger partial charge in [0.1, 0.15) is 11.3 Å². The van der Waals surface area contributed by atoms with Gasteiger partial charge in [-0.1, -0.05) is 48.5 Å². The Balaban J connectivity index is 1.57. The summed E-state index contributed by atoms with van der Waals surface area (Å²) in [7, 11) is 1.71. The fourth-order valence-electron chi connectivity index (χ4n) is 4.46. The van der Waals surface area contributed by atoms with Gasteiger partial charge in [-0.2, -0.15) is 0 Å². The van der Waals surface area contributed by atoms with E-state index in [1.807, 2.05) is 30.3 Å². The molecular formula is C27H22FN3O3. The van der Waals surface area contributed by atoms with Gasteiger partial charge in [0.2, 0.25) is 0 Å². The van der Waals surface area contributed by atoms with Crippen LogP contribution in [0.1, 0.15) is 37.4 Å². The number of benzene rings is 3. The number of phenolic OH excluding ortho intramolecular Hbond substituents is 1. The Morgan fingerprint density at radius 3 is 2.53 bits per heavy atom. The number of phenols is 1. The lowest BCUT2D eigenvalue weighted by Gasteiger charge is -2.21. The molecule has 3 aromatic carbocycles. The first-order valence-electron chi connectivity index (χ1n) is 10.9. The second-order valence-corrected chi connectivity index (χ2v) is 8.41. The van der Waals surface area contributed by atoms with Crippen molar-refractivity contribution in [3.63, 3.8) is 0 Å². The summed E-state index contributed by atoms with van der Waals surface area (Å²) >= 11 is 0. The monoisotopic (exact) mass is 455 g/mol. The molecule has 0 saturated heterocycles. The van der Waals surface area contributed by atoms with Crippen molar-refractivity contribution in [3.05, 3.63) is 107 Å². The quantitative estimate of drug-likeness (QED) is 0.481. The minimum absolute atomic E-state index is 0.102. The van der Waals surface area contributed by atoms with E-state index in [-0.39, 0.29) is 47.6 Å². The molecule has 0 fully saturated rings. The van der Waals surface area contributed by atoms with Crippen LogP contribution in [0.2, 0.25) is 0 Å². The third kappa shape index (κ3) is 3.75. The van der Waals surface area contributed by atoms with Gasteiger partial charge in [0.15, 0.2) is 5.75 Å². The zero-order valence-electron chi connectivity index (χ0n) is 18.5. The number of hydrogen-bond acceptors (Lipinski definition) is 4. The zero-order chi connectivity index (χ0) is 23.8. The minimum Gasteiger partial charge on any atom is -0.505 e. The Morgan fingerprint density at radius 2 is 1.79 bits per heavy atom. The summed E-state index contributed by atoms with van der Waals surface area (Å²) in [4.78, 5) is 34.4. The van der Waals surface area contributed by atoms with Gasteiger partial charge in [0, 0.05) is 43.8 Å². The average Bonchev–Trinajstić information content (AvgIpc) is 3.17. The number of halogens is 1. The molecule has 5 rings (SSSR count). The highest BCUT2D eigenvalue weighted by Crippen LogP contribution is 2.40. The largest absolute Gasteiger partial charge is 0.505 e. The number of carbonyl (C=O) groups excluding carboxylic acids is 2. The van der Waals surface area contributed by atoms with Gasteiger partial charge in [0.25, 0.3) is 11.8 Å². The van der Waals surface area contributed by atoms with Crippen LogP contribution < -0.4 is 0 Å². The standard InChI is InChI=1S/C27H22FN3O3/c1-30(14-17-6-3-2-4-7-17)26(33)22-20-8-5-13-29-24(20)25(32)23-21(22)16-31(27(23)34)15-18-9-11-19(28)12-10-18/h2-13,32H,14-16H2,1H3. The minimum atomic E-state index is -0.385. The molecule has 0 spiro atoms. The van der Waals surface area contributed by atoms with Crippen LogP contribution in [0.25, 0.3) is 10.9 Å². The third-order valence-corrected chi connectivity index (χ3v) is 6.10. The second-order valence-electron chi connectivity index (χ2n) is 8.41. The highest BCUT2D eigenvalue weighted by molar-refractivity contribution is 6.15. The molecule has 1 aliphatic rings. The predicted octanol–water partition coefficient (Wildman–Crippen LogP) is 4.51. The zero-order valence-corrected chi connectivity index (χ0v) is 18.5. The molecule has 170 valence electrons. The van der Waals surface area contributed by atoms with Crippen molar-refractivity contribution in [2.75, 3.05) is 7.05 Å². The first kappa shape index (κ1) is 21.6. The van der Waals surface area contributed by atoms with Crippen molar-refractivity contribution in [2.24, 2.45) is 0 Å². The fraction of sp³-hybridized carbons (Fsp3) is 0.148. The first-order chi connectivity index (χ1) is 16.4. The summed E-state index contributed by atoms with van der Waals surface area (Å²) in [6, 6.07) is 19.0. The maximum atomic E-state index is 13.7. The lowest BCUT2D eigenvalue weighted by atomic mass is 9.95. The van der Waals surface area contributed by atoms with Gasteiger partial charge in [-0.15, -0.1) is 0 Å². The maximum absolute atomic E-state index is 13.7. The molecule has 0 unspecified atom stereocenters. The highest BCUT2D eigenvalue weighted by Gasteiger charge is 2.37. The number of carbonyl (C=O) groups is 2. The topological polar surface area (TPSA) is 73.7 Å². The van der Waals surface area contributed by atoms with Crippen molar-refractivity contribution in [3.8, 4) is 5.75 Å². The summed E-state index contributed by atoms with van der Waals surface area (Å²) in [5, 5.41) is 11.5. The molecule has 2 amide bonds. The number of amides is 2. The van der Waals surface area contributed by atoms with Gasteiger partial charge in [-0.3, -0.25) is 14.6 Å². The summed E-state index contributed by atoms with van der Waals surface area (Å²) in [5.41, 5.74) is 2.89.